The molecule has 1 aliphatic heterocycles. The molecule has 0 bridgehead atoms. The van der Waals surface area contributed by atoms with E-state index in [9.17, 15) is 4.79 Å². The first-order valence-corrected chi connectivity index (χ1v) is 6.20. The van der Waals surface area contributed by atoms with Crippen LogP contribution in [-0.2, 0) is 6.54 Å². The minimum absolute atomic E-state index is 0.152. The highest BCUT2D eigenvalue weighted by Gasteiger charge is 2.31. The van der Waals surface area contributed by atoms with Crippen molar-refractivity contribution >= 4 is 11.6 Å². The van der Waals surface area contributed by atoms with E-state index in [1.54, 1.807) is 0 Å². The first kappa shape index (κ1) is 12.0. The van der Waals surface area contributed by atoms with Crippen LogP contribution in [0.1, 0.15) is 43.6 Å². The molecule has 1 aromatic rings. The Morgan fingerprint density at radius 1 is 1.24 bits per heavy atom. The molecule has 1 aliphatic rings. The number of fused-ring (bicyclic) bond motifs is 1. The number of carbonyl (C=O) groups is 1. The summed E-state index contributed by atoms with van der Waals surface area (Å²) in [5, 5.41) is 3.35. The lowest BCUT2D eigenvalue weighted by atomic mass is 10.1. The minimum atomic E-state index is 0.152. The van der Waals surface area contributed by atoms with Crippen LogP contribution in [0.2, 0.25) is 0 Å². The Balaban J connectivity index is 2.38. The van der Waals surface area contributed by atoms with E-state index in [-0.39, 0.29) is 11.9 Å². The van der Waals surface area contributed by atoms with Crippen molar-refractivity contribution in [2.45, 2.75) is 46.3 Å². The van der Waals surface area contributed by atoms with Gasteiger partial charge in [0, 0.05) is 24.3 Å². The summed E-state index contributed by atoms with van der Waals surface area (Å²) < 4.78 is 0. The van der Waals surface area contributed by atoms with Gasteiger partial charge in [-0.2, -0.15) is 0 Å². The third kappa shape index (κ3) is 2.14. The van der Waals surface area contributed by atoms with Crippen molar-refractivity contribution in [3.8, 4) is 0 Å². The van der Waals surface area contributed by atoms with E-state index in [0.717, 1.165) is 23.4 Å². The first-order valence-electron chi connectivity index (χ1n) is 6.20. The lowest BCUT2D eigenvalue weighted by Crippen LogP contribution is -2.31. The molecule has 17 heavy (non-hydrogen) atoms. The van der Waals surface area contributed by atoms with Crippen LogP contribution < -0.4 is 5.32 Å². The van der Waals surface area contributed by atoms with Gasteiger partial charge >= 0.3 is 0 Å². The van der Waals surface area contributed by atoms with Crippen LogP contribution in [0.3, 0.4) is 0 Å². The van der Waals surface area contributed by atoms with Crippen LogP contribution in [0.25, 0.3) is 0 Å². The smallest absolute Gasteiger partial charge is 0.256 e. The highest BCUT2D eigenvalue weighted by molar-refractivity contribution is 6.03. The van der Waals surface area contributed by atoms with Gasteiger partial charge in [-0.05, 0) is 39.3 Å². The molecule has 0 saturated heterocycles. The molecule has 0 saturated carbocycles. The number of hydrogen-bond donors (Lipinski definition) is 1. The molecule has 0 unspecified atom stereocenters. The van der Waals surface area contributed by atoms with Gasteiger partial charge in [-0.3, -0.25) is 4.79 Å². The van der Waals surface area contributed by atoms with E-state index in [2.05, 4.69) is 33.0 Å². The Labute approximate surface area is 103 Å². The van der Waals surface area contributed by atoms with Gasteiger partial charge in [0.1, 0.15) is 0 Å². The molecule has 0 aromatic heterocycles. The van der Waals surface area contributed by atoms with E-state index < -0.39 is 0 Å². The predicted molar refractivity (Wildman–Crippen MR) is 70.2 cm³/mol. The van der Waals surface area contributed by atoms with Crippen molar-refractivity contribution in [1.29, 1.82) is 0 Å². The van der Waals surface area contributed by atoms with E-state index in [1.807, 2.05) is 23.1 Å². The average molecular weight is 232 g/mol. The molecule has 0 fully saturated rings. The number of nitrogens with zero attached hydrogens (tertiary/aromatic N) is 1. The van der Waals surface area contributed by atoms with Gasteiger partial charge in [0.05, 0.1) is 5.56 Å². The molecule has 0 radical (unpaired) electrons. The van der Waals surface area contributed by atoms with Crippen molar-refractivity contribution < 1.29 is 4.79 Å². The van der Waals surface area contributed by atoms with Crippen molar-refractivity contribution in [1.82, 2.24) is 4.90 Å². The van der Waals surface area contributed by atoms with E-state index in [1.165, 1.54) is 0 Å². The standard InChI is InChI=1S/C14H20N2O/c1-9(2)15-12-7-5-6-11-8-16(10(3)4)14(17)13(11)12/h5-7,9-10,15H,8H2,1-4H3. The van der Waals surface area contributed by atoms with Crippen LogP contribution in [0, 0.1) is 0 Å². The number of amides is 1. The number of anilines is 1. The number of hydrogen-bond acceptors (Lipinski definition) is 2. The number of carbonyl (C=O) groups excluding carboxylic acids is 1. The Hall–Kier alpha value is -1.51. The molecule has 3 heteroatoms. The summed E-state index contributed by atoms with van der Waals surface area (Å²) in [5.41, 5.74) is 2.95. The lowest BCUT2D eigenvalue weighted by molar-refractivity contribution is 0.0731. The highest BCUT2D eigenvalue weighted by atomic mass is 16.2. The molecule has 1 aromatic carbocycles. The average Bonchev–Trinajstić information content (AvgIpc) is 2.56. The maximum absolute atomic E-state index is 12.3. The van der Waals surface area contributed by atoms with Gasteiger partial charge in [-0.25, -0.2) is 0 Å². The zero-order chi connectivity index (χ0) is 12.6. The summed E-state index contributed by atoms with van der Waals surface area (Å²) in [6, 6.07) is 6.63. The van der Waals surface area contributed by atoms with Crippen LogP contribution in [-0.4, -0.2) is 22.9 Å². The molecule has 2 rings (SSSR count). The molecule has 1 heterocycles. The van der Waals surface area contributed by atoms with Crippen LogP contribution in [0.4, 0.5) is 5.69 Å². The largest absolute Gasteiger partial charge is 0.382 e. The van der Waals surface area contributed by atoms with Crippen LogP contribution in [0.15, 0.2) is 18.2 Å². The molecule has 3 nitrogen and oxygen atoms in total. The third-order valence-corrected chi connectivity index (χ3v) is 3.03. The maximum Gasteiger partial charge on any atom is 0.256 e. The molecule has 1 N–H and O–H groups in total. The fraction of sp³-hybridized carbons (Fsp3) is 0.500. The van der Waals surface area contributed by atoms with E-state index in [4.69, 9.17) is 0 Å². The summed E-state index contributed by atoms with van der Waals surface area (Å²) in [4.78, 5) is 14.2. The number of benzene rings is 1. The fourth-order valence-electron chi connectivity index (χ4n) is 2.23. The van der Waals surface area contributed by atoms with Crippen molar-refractivity contribution in [2.24, 2.45) is 0 Å². The molecule has 0 atom stereocenters. The molecular weight excluding hydrogens is 212 g/mol. The minimum Gasteiger partial charge on any atom is -0.382 e. The summed E-state index contributed by atoms with van der Waals surface area (Å²) in [5.74, 6) is 0.152. The summed E-state index contributed by atoms with van der Waals surface area (Å²) in [6.45, 7) is 9.01. The van der Waals surface area contributed by atoms with Crippen molar-refractivity contribution in [2.75, 3.05) is 5.32 Å². The molecular formula is C14H20N2O. The van der Waals surface area contributed by atoms with E-state index in [0.29, 0.717) is 6.04 Å². The normalized spacial score (nSPS) is 14.7. The molecule has 92 valence electrons. The van der Waals surface area contributed by atoms with Crippen molar-refractivity contribution in [3.05, 3.63) is 29.3 Å². The second kappa shape index (κ2) is 4.40. The third-order valence-electron chi connectivity index (χ3n) is 3.03. The monoisotopic (exact) mass is 232 g/mol. The predicted octanol–water partition coefficient (Wildman–Crippen LogP) is 2.87. The molecule has 0 spiro atoms. The highest BCUT2D eigenvalue weighted by Crippen LogP contribution is 2.30. The fourth-order valence-corrected chi connectivity index (χ4v) is 2.23. The molecule has 0 aliphatic carbocycles. The van der Waals surface area contributed by atoms with Gasteiger partial charge in [-0.15, -0.1) is 0 Å². The number of rotatable bonds is 3. The van der Waals surface area contributed by atoms with Gasteiger partial charge in [0.2, 0.25) is 0 Å². The van der Waals surface area contributed by atoms with Gasteiger partial charge in [0.25, 0.3) is 5.91 Å². The second-order valence-corrected chi connectivity index (χ2v) is 5.17. The Bertz CT molecular complexity index is 438. The van der Waals surface area contributed by atoms with Gasteiger partial charge < -0.3 is 10.2 Å². The maximum atomic E-state index is 12.3. The quantitative estimate of drug-likeness (QED) is 0.869. The Morgan fingerprint density at radius 2 is 1.94 bits per heavy atom. The summed E-state index contributed by atoms with van der Waals surface area (Å²) in [7, 11) is 0. The number of nitrogens with one attached hydrogen (secondary N) is 1. The molecule has 1 amide bonds. The Morgan fingerprint density at radius 3 is 2.53 bits per heavy atom. The summed E-state index contributed by atoms with van der Waals surface area (Å²) in [6.07, 6.45) is 0. The zero-order valence-corrected chi connectivity index (χ0v) is 10.9. The van der Waals surface area contributed by atoms with Crippen LogP contribution >= 0.6 is 0 Å². The lowest BCUT2D eigenvalue weighted by Gasteiger charge is -2.20. The van der Waals surface area contributed by atoms with E-state index >= 15 is 0 Å². The first-order chi connectivity index (χ1) is 8.00. The van der Waals surface area contributed by atoms with Gasteiger partial charge in [-0.1, -0.05) is 12.1 Å². The zero-order valence-electron chi connectivity index (χ0n) is 10.9. The van der Waals surface area contributed by atoms with Crippen LogP contribution in [0.5, 0.6) is 0 Å². The SMILES string of the molecule is CC(C)Nc1cccc2c1C(=O)N(C(C)C)C2. The summed E-state index contributed by atoms with van der Waals surface area (Å²) >= 11 is 0. The second-order valence-electron chi connectivity index (χ2n) is 5.17. The van der Waals surface area contributed by atoms with Gasteiger partial charge in [0.15, 0.2) is 0 Å². The topological polar surface area (TPSA) is 32.3 Å². The van der Waals surface area contributed by atoms with Crippen molar-refractivity contribution in [3.63, 3.8) is 0 Å². The Kier molecular flexibility index (Phi) is 3.09.